The van der Waals surface area contributed by atoms with Crippen molar-refractivity contribution >= 4 is 17.7 Å². The fourth-order valence-corrected chi connectivity index (χ4v) is 1.83. The summed E-state index contributed by atoms with van der Waals surface area (Å²) in [7, 11) is 0. The van der Waals surface area contributed by atoms with Crippen molar-refractivity contribution in [1.82, 2.24) is 15.5 Å². The highest BCUT2D eigenvalue weighted by Crippen LogP contribution is 1.98. The van der Waals surface area contributed by atoms with Crippen molar-refractivity contribution in [3.8, 4) is 0 Å². The zero-order chi connectivity index (χ0) is 22.1. The quantitative estimate of drug-likeness (QED) is 0.521. The van der Waals surface area contributed by atoms with Gasteiger partial charge in [0.05, 0.1) is 0 Å². The highest BCUT2D eigenvalue weighted by atomic mass is 16.2. The smallest absolute Gasteiger partial charge is 0.222 e. The van der Waals surface area contributed by atoms with Gasteiger partial charge in [-0.2, -0.15) is 0 Å². The molecule has 0 fully saturated rings. The molecule has 0 aromatic rings. The zero-order valence-electron chi connectivity index (χ0n) is 19.5. The molecule has 164 valence electrons. The highest BCUT2D eigenvalue weighted by Gasteiger charge is 2.10. The number of carbonyl (C=O) groups excluding carboxylic acids is 3. The molecule has 0 aromatic heterocycles. The van der Waals surface area contributed by atoms with Crippen LogP contribution in [0.4, 0.5) is 0 Å². The van der Waals surface area contributed by atoms with Crippen molar-refractivity contribution in [2.24, 2.45) is 0 Å². The van der Waals surface area contributed by atoms with Crippen LogP contribution in [0.25, 0.3) is 0 Å². The highest BCUT2D eigenvalue weighted by molar-refractivity contribution is 5.76. The second kappa shape index (κ2) is 29.2. The van der Waals surface area contributed by atoms with E-state index >= 15 is 0 Å². The second-order valence-electron chi connectivity index (χ2n) is 4.85. The zero-order valence-corrected chi connectivity index (χ0v) is 19.5. The van der Waals surface area contributed by atoms with Crippen molar-refractivity contribution in [3.63, 3.8) is 0 Å². The van der Waals surface area contributed by atoms with Crippen LogP contribution in [0.1, 0.15) is 94.4 Å². The van der Waals surface area contributed by atoms with Gasteiger partial charge in [0.15, 0.2) is 0 Å². The lowest BCUT2D eigenvalue weighted by Gasteiger charge is -2.22. The number of rotatable bonds is 11. The molecular weight excluding hydrogens is 342 g/mol. The van der Waals surface area contributed by atoms with Crippen molar-refractivity contribution in [2.45, 2.75) is 94.4 Å². The lowest BCUT2D eigenvalue weighted by molar-refractivity contribution is -0.130. The first-order chi connectivity index (χ1) is 13.0. The van der Waals surface area contributed by atoms with Gasteiger partial charge in [-0.05, 0) is 12.8 Å². The van der Waals surface area contributed by atoms with Crippen LogP contribution >= 0.6 is 0 Å². The summed E-state index contributed by atoms with van der Waals surface area (Å²) in [6.07, 6.45) is 2.93. The Bertz CT molecular complexity index is 311. The molecule has 0 saturated heterocycles. The molecule has 0 radical (unpaired) electrons. The largest absolute Gasteiger partial charge is 0.356 e. The Morgan fingerprint density at radius 3 is 1.22 bits per heavy atom. The summed E-state index contributed by atoms with van der Waals surface area (Å²) in [5.74, 6) is 0.176. The minimum Gasteiger partial charge on any atom is -0.356 e. The van der Waals surface area contributed by atoms with Crippen LogP contribution in [0, 0.1) is 0 Å². The van der Waals surface area contributed by atoms with Crippen LogP contribution in [-0.4, -0.2) is 48.8 Å². The topological polar surface area (TPSA) is 78.5 Å². The maximum atomic E-state index is 11.8. The molecule has 6 nitrogen and oxygen atoms in total. The van der Waals surface area contributed by atoms with Gasteiger partial charge in [-0.25, -0.2) is 0 Å². The summed E-state index contributed by atoms with van der Waals surface area (Å²) in [5.41, 5.74) is 0. The van der Waals surface area contributed by atoms with Gasteiger partial charge in [0.25, 0.3) is 0 Å². The molecule has 0 aliphatic carbocycles. The third-order valence-electron chi connectivity index (χ3n) is 3.15. The summed E-state index contributed by atoms with van der Waals surface area (Å²) >= 11 is 0. The van der Waals surface area contributed by atoms with Crippen molar-refractivity contribution in [1.29, 1.82) is 0 Å². The van der Waals surface area contributed by atoms with Crippen LogP contribution in [0.2, 0.25) is 0 Å². The minimum absolute atomic E-state index is 0.0330. The molecule has 2 N–H and O–H groups in total. The fourth-order valence-electron chi connectivity index (χ4n) is 1.83. The predicted molar refractivity (Wildman–Crippen MR) is 117 cm³/mol. The van der Waals surface area contributed by atoms with E-state index in [0.717, 1.165) is 12.8 Å². The number of nitrogens with zero attached hydrogens (tertiary/aromatic N) is 1. The Balaban J connectivity index is -0.000000397. The summed E-state index contributed by atoms with van der Waals surface area (Å²) < 4.78 is 0. The van der Waals surface area contributed by atoms with Gasteiger partial charge >= 0.3 is 0 Å². The van der Waals surface area contributed by atoms with Crippen LogP contribution in [0.15, 0.2) is 0 Å². The molecule has 0 saturated carbocycles. The molecule has 6 heteroatoms. The normalized spacial score (nSPS) is 8.48. The van der Waals surface area contributed by atoms with Gasteiger partial charge in [-0.15, -0.1) is 0 Å². The summed E-state index contributed by atoms with van der Waals surface area (Å²) in [4.78, 5) is 35.9. The van der Waals surface area contributed by atoms with Gasteiger partial charge in [0.2, 0.25) is 17.7 Å². The van der Waals surface area contributed by atoms with E-state index in [-0.39, 0.29) is 17.7 Å². The summed E-state index contributed by atoms with van der Waals surface area (Å²) in [6.45, 7) is 19.9. The Kier molecular flexibility index (Phi) is 35.7. The summed E-state index contributed by atoms with van der Waals surface area (Å²) in [5, 5.41) is 5.60. The number of hydrogen-bond donors (Lipinski definition) is 2. The van der Waals surface area contributed by atoms with E-state index in [0.29, 0.717) is 45.4 Å². The number of nitrogens with one attached hydrogen (secondary N) is 2. The fraction of sp³-hybridized carbons (Fsp3) is 0.857. The van der Waals surface area contributed by atoms with Crippen LogP contribution in [-0.2, 0) is 14.4 Å². The molecule has 0 rings (SSSR count). The number of hydrogen-bond acceptors (Lipinski definition) is 3. The average Bonchev–Trinajstić information content (AvgIpc) is 2.75. The molecule has 0 heterocycles. The van der Waals surface area contributed by atoms with Crippen LogP contribution in [0.3, 0.4) is 0 Å². The van der Waals surface area contributed by atoms with Crippen molar-refractivity contribution in [2.75, 3.05) is 26.2 Å². The summed E-state index contributed by atoms with van der Waals surface area (Å²) in [6, 6.07) is 0. The standard InChI is InChI=1S/C15H29N3O3.3C2H6/c1-4-13(19)16-9-7-11-18(15(21)6-3)12-8-10-17-14(20)5-2;3*1-2/h4-12H2,1-3H3,(H,16,19)(H,17,20);3*1-2H3. The Morgan fingerprint density at radius 1 is 0.630 bits per heavy atom. The second-order valence-corrected chi connectivity index (χ2v) is 4.85. The maximum absolute atomic E-state index is 11.8. The Labute approximate surface area is 168 Å². The molecule has 0 bridgehead atoms. The average molecular weight is 390 g/mol. The SMILES string of the molecule is CC.CC.CC.CCC(=O)NCCCN(CCCNC(=O)CC)C(=O)CC. The molecule has 3 amide bonds. The van der Waals surface area contributed by atoms with Gasteiger partial charge < -0.3 is 15.5 Å². The molecule has 0 unspecified atom stereocenters. The predicted octanol–water partition coefficient (Wildman–Crippen LogP) is 4.14. The first-order valence-electron chi connectivity index (χ1n) is 10.9. The molecule has 0 aromatic carbocycles. The third-order valence-corrected chi connectivity index (χ3v) is 3.15. The van der Waals surface area contributed by atoms with E-state index in [1.165, 1.54) is 0 Å². The molecule has 27 heavy (non-hydrogen) atoms. The van der Waals surface area contributed by atoms with Gasteiger partial charge in [0, 0.05) is 45.4 Å². The maximum Gasteiger partial charge on any atom is 0.222 e. The van der Waals surface area contributed by atoms with E-state index < -0.39 is 0 Å². The van der Waals surface area contributed by atoms with Gasteiger partial charge in [0.1, 0.15) is 0 Å². The molecule has 0 atom stereocenters. The van der Waals surface area contributed by atoms with Crippen LogP contribution in [0.5, 0.6) is 0 Å². The number of amides is 3. The number of carbonyl (C=O) groups is 3. The monoisotopic (exact) mass is 389 g/mol. The Morgan fingerprint density at radius 2 is 0.963 bits per heavy atom. The van der Waals surface area contributed by atoms with E-state index in [1.54, 1.807) is 4.90 Å². The van der Waals surface area contributed by atoms with E-state index in [1.807, 2.05) is 62.3 Å². The molecule has 0 aliphatic heterocycles. The molecular formula is C21H47N3O3. The molecule has 0 spiro atoms. The van der Waals surface area contributed by atoms with E-state index in [4.69, 9.17) is 0 Å². The first-order valence-corrected chi connectivity index (χ1v) is 10.9. The van der Waals surface area contributed by atoms with E-state index in [2.05, 4.69) is 10.6 Å². The third kappa shape index (κ3) is 24.4. The molecule has 0 aliphatic rings. The van der Waals surface area contributed by atoms with Crippen molar-refractivity contribution in [3.05, 3.63) is 0 Å². The van der Waals surface area contributed by atoms with Gasteiger partial charge in [-0.3, -0.25) is 14.4 Å². The van der Waals surface area contributed by atoms with Crippen LogP contribution < -0.4 is 10.6 Å². The lowest BCUT2D eigenvalue weighted by atomic mass is 10.3. The lowest BCUT2D eigenvalue weighted by Crippen LogP contribution is -2.36. The Hall–Kier alpha value is -1.59. The van der Waals surface area contributed by atoms with Crippen molar-refractivity contribution < 1.29 is 14.4 Å². The van der Waals surface area contributed by atoms with Gasteiger partial charge in [-0.1, -0.05) is 62.3 Å². The van der Waals surface area contributed by atoms with E-state index in [9.17, 15) is 14.4 Å². The minimum atomic E-state index is 0.0330. The first kappa shape index (κ1) is 33.0.